The van der Waals surface area contributed by atoms with Crippen molar-refractivity contribution in [3.8, 4) is 0 Å². The summed E-state index contributed by atoms with van der Waals surface area (Å²) in [4.78, 5) is 16.1. The molecule has 0 aliphatic carbocycles. The van der Waals surface area contributed by atoms with Gasteiger partial charge < -0.3 is 9.80 Å². The normalized spacial score (nSPS) is 22.5. The van der Waals surface area contributed by atoms with Gasteiger partial charge in [0.25, 0.3) is 0 Å². The standard InChI is InChI=1S/C22H26N2O3S/c25-22(20-11-16-28(26,27)17-20)24-14-12-23(13-15-24)21(18-7-3-1-4-8-18)19-9-5-2-6-10-19/h1-10,20-21H,11-17H2/p+1/t20-/m1/s1. The quantitative estimate of drug-likeness (QED) is 0.833. The molecule has 1 N–H and O–H groups in total. The van der Waals surface area contributed by atoms with Crippen LogP contribution in [0.4, 0.5) is 0 Å². The highest BCUT2D eigenvalue weighted by Crippen LogP contribution is 2.22. The fourth-order valence-electron chi connectivity index (χ4n) is 4.51. The SMILES string of the molecule is O=C([C@@H]1CCS(=O)(=O)C1)N1CC[NH+](C(c2ccccc2)c2ccccc2)CC1. The van der Waals surface area contributed by atoms with Crippen molar-refractivity contribution in [3.05, 3.63) is 71.8 Å². The molecule has 0 aromatic heterocycles. The number of carbonyl (C=O) groups excluding carboxylic acids is 1. The van der Waals surface area contributed by atoms with E-state index < -0.39 is 9.84 Å². The van der Waals surface area contributed by atoms with E-state index in [1.807, 2.05) is 17.0 Å². The second kappa shape index (κ2) is 8.05. The molecule has 4 rings (SSSR count). The zero-order chi connectivity index (χ0) is 19.6. The summed E-state index contributed by atoms with van der Waals surface area (Å²) in [6, 6.07) is 21.3. The first-order chi connectivity index (χ1) is 13.5. The topological polar surface area (TPSA) is 58.9 Å². The van der Waals surface area contributed by atoms with Gasteiger partial charge in [-0.3, -0.25) is 4.79 Å². The summed E-state index contributed by atoms with van der Waals surface area (Å²) in [6.45, 7) is 3.08. The van der Waals surface area contributed by atoms with Gasteiger partial charge in [0.05, 0.1) is 43.6 Å². The fraction of sp³-hybridized carbons (Fsp3) is 0.409. The van der Waals surface area contributed by atoms with E-state index in [0.29, 0.717) is 19.5 Å². The molecule has 0 spiro atoms. The highest BCUT2D eigenvalue weighted by molar-refractivity contribution is 7.91. The van der Waals surface area contributed by atoms with E-state index in [0.717, 1.165) is 13.1 Å². The van der Waals surface area contributed by atoms with Crippen molar-refractivity contribution in [3.63, 3.8) is 0 Å². The number of nitrogens with one attached hydrogen (secondary N) is 1. The van der Waals surface area contributed by atoms with Crippen LogP contribution in [0.2, 0.25) is 0 Å². The molecule has 2 aliphatic rings. The van der Waals surface area contributed by atoms with Gasteiger partial charge in [0.1, 0.15) is 6.04 Å². The highest BCUT2D eigenvalue weighted by Gasteiger charge is 2.38. The first-order valence-electron chi connectivity index (χ1n) is 9.97. The van der Waals surface area contributed by atoms with Gasteiger partial charge in [-0.25, -0.2) is 8.42 Å². The van der Waals surface area contributed by atoms with E-state index in [1.54, 1.807) is 0 Å². The number of benzene rings is 2. The van der Waals surface area contributed by atoms with Gasteiger partial charge in [-0.05, 0) is 6.42 Å². The minimum absolute atomic E-state index is 0.0234. The van der Waals surface area contributed by atoms with Crippen LogP contribution in [-0.4, -0.2) is 56.9 Å². The van der Waals surface area contributed by atoms with Crippen molar-refractivity contribution >= 4 is 15.7 Å². The van der Waals surface area contributed by atoms with Crippen molar-refractivity contribution in [1.29, 1.82) is 0 Å². The summed E-state index contributed by atoms with van der Waals surface area (Å²) in [6.07, 6.45) is 0.477. The lowest BCUT2D eigenvalue weighted by Crippen LogP contribution is -3.15. The van der Waals surface area contributed by atoms with Crippen LogP contribution in [0, 0.1) is 5.92 Å². The third-order valence-corrected chi connectivity index (χ3v) is 7.74. The summed E-state index contributed by atoms with van der Waals surface area (Å²) >= 11 is 0. The number of piperazine rings is 1. The maximum absolute atomic E-state index is 12.8. The van der Waals surface area contributed by atoms with Gasteiger partial charge in [0, 0.05) is 11.1 Å². The van der Waals surface area contributed by atoms with Crippen LogP contribution in [-0.2, 0) is 14.6 Å². The van der Waals surface area contributed by atoms with Gasteiger partial charge in [-0.15, -0.1) is 0 Å². The highest BCUT2D eigenvalue weighted by atomic mass is 32.2. The lowest BCUT2D eigenvalue weighted by atomic mass is 9.96. The average molecular weight is 400 g/mol. The Morgan fingerprint density at radius 1 is 0.929 bits per heavy atom. The van der Waals surface area contributed by atoms with Gasteiger partial charge in [0.2, 0.25) is 5.91 Å². The van der Waals surface area contributed by atoms with E-state index in [2.05, 4.69) is 48.5 Å². The van der Waals surface area contributed by atoms with Crippen LogP contribution in [0.5, 0.6) is 0 Å². The lowest BCUT2D eigenvalue weighted by Gasteiger charge is -2.37. The number of amides is 1. The second-order valence-corrected chi connectivity index (χ2v) is 10.1. The van der Waals surface area contributed by atoms with E-state index in [1.165, 1.54) is 16.0 Å². The number of quaternary nitrogens is 1. The Hall–Kier alpha value is -2.18. The Bertz CT molecular complexity index is 868. The predicted molar refractivity (Wildman–Crippen MR) is 109 cm³/mol. The van der Waals surface area contributed by atoms with Crippen LogP contribution in [0.1, 0.15) is 23.6 Å². The van der Waals surface area contributed by atoms with Crippen LogP contribution in [0.3, 0.4) is 0 Å². The van der Waals surface area contributed by atoms with Crippen LogP contribution < -0.4 is 4.90 Å². The summed E-state index contributed by atoms with van der Waals surface area (Å²) in [7, 11) is -3.03. The Kier molecular flexibility index (Phi) is 5.51. The van der Waals surface area contributed by atoms with Gasteiger partial charge in [0.15, 0.2) is 9.84 Å². The number of carbonyl (C=O) groups is 1. The minimum atomic E-state index is -3.03. The third-order valence-electron chi connectivity index (χ3n) is 5.97. The maximum Gasteiger partial charge on any atom is 0.227 e. The molecule has 1 atom stereocenters. The molecule has 0 unspecified atom stereocenters. The molecule has 148 valence electrons. The predicted octanol–water partition coefficient (Wildman–Crippen LogP) is 0.938. The Morgan fingerprint density at radius 2 is 1.46 bits per heavy atom. The minimum Gasteiger partial charge on any atom is -0.331 e. The van der Waals surface area contributed by atoms with Crippen LogP contribution in [0.15, 0.2) is 60.7 Å². The van der Waals surface area contributed by atoms with Crippen LogP contribution in [0.25, 0.3) is 0 Å². The molecule has 2 saturated heterocycles. The molecule has 2 fully saturated rings. The largest absolute Gasteiger partial charge is 0.331 e. The smallest absolute Gasteiger partial charge is 0.227 e. The average Bonchev–Trinajstić information content (AvgIpc) is 3.10. The molecular formula is C22H27N2O3S+. The van der Waals surface area contributed by atoms with E-state index in [9.17, 15) is 13.2 Å². The summed E-state index contributed by atoms with van der Waals surface area (Å²) < 4.78 is 23.4. The summed E-state index contributed by atoms with van der Waals surface area (Å²) in [5.74, 6) is -0.143. The molecule has 2 aromatic carbocycles. The molecular weight excluding hydrogens is 372 g/mol. The molecule has 5 nitrogen and oxygen atoms in total. The molecule has 2 heterocycles. The Balaban J connectivity index is 1.47. The summed E-state index contributed by atoms with van der Waals surface area (Å²) in [5.41, 5.74) is 2.57. The molecule has 6 heteroatoms. The zero-order valence-corrected chi connectivity index (χ0v) is 16.8. The number of rotatable bonds is 4. The molecule has 28 heavy (non-hydrogen) atoms. The fourth-order valence-corrected chi connectivity index (χ4v) is 6.24. The molecule has 2 aliphatic heterocycles. The monoisotopic (exact) mass is 399 g/mol. The molecule has 0 saturated carbocycles. The first-order valence-corrected chi connectivity index (χ1v) is 11.8. The van der Waals surface area contributed by atoms with Gasteiger partial charge >= 0.3 is 0 Å². The van der Waals surface area contributed by atoms with Crippen molar-refractivity contribution in [2.75, 3.05) is 37.7 Å². The molecule has 0 radical (unpaired) electrons. The van der Waals surface area contributed by atoms with Crippen molar-refractivity contribution in [2.45, 2.75) is 12.5 Å². The van der Waals surface area contributed by atoms with E-state index in [4.69, 9.17) is 0 Å². The zero-order valence-electron chi connectivity index (χ0n) is 16.0. The van der Waals surface area contributed by atoms with Crippen molar-refractivity contribution in [2.24, 2.45) is 5.92 Å². The lowest BCUT2D eigenvalue weighted by molar-refractivity contribution is -0.929. The molecule has 0 bridgehead atoms. The van der Waals surface area contributed by atoms with E-state index in [-0.39, 0.29) is 29.4 Å². The third kappa shape index (κ3) is 4.13. The van der Waals surface area contributed by atoms with Gasteiger partial charge in [-0.2, -0.15) is 0 Å². The number of hydrogen-bond donors (Lipinski definition) is 1. The Labute approximate surface area is 166 Å². The second-order valence-electron chi connectivity index (χ2n) is 7.84. The molecule has 1 amide bonds. The Morgan fingerprint density at radius 3 is 1.93 bits per heavy atom. The maximum atomic E-state index is 12.8. The number of sulfone groups is 1. The first kappa shape index (κ1) is 19.2. The van der Waals surface area contributed by atoms with Crippen molar-refractivity contribution in [1.82, 2.24) is 4.90 Å². The van der Waals surface area contributed by atoms with Crippen LogP contribution >= 0.6 is 0 Å². The number of hydrogen-bond acceptors (Lipinski definition) is 3. The van der Waals surface area contributed by atoms with E-state index >= 15 is 0 Å². The summed E-state index contributed by atoms with van der Waals surface area (Å²) in [5, 5.41) is 0. The van der Waals surface area contributed by atoms with Gasteiger partial charge in [-0.1, -0.05) is 60.7 Å². The molecule has 2 aromatic rings. The number of nitrogens with zero attached hydrogens (tertiary/aromatic N) is 1. The van der Waals surface area contributed by atoms with Crippen molar-refractivity contribution < 1.29 is 18.1 Å².